The molecule has 104 valence electrons. The number of hydrogen-bond donors (Lipinski definition) is 1. The molecule has 0 aromatic heterocycles. The van der Waals surface area contributed by atoms with E-state index in [0.717, 1.165) is 50.2 Å². The topological polar surface area (TPSA) is 52.3 Å². The lowest BCUT2D eigenvalue weighted by molar-refractivity contribution is -0.139. The van der Waals surface area contributed by atoms with Gasteiger partial charge in [0.25, 0.3) is 0 Å². The molecule has 2 fully saturated rings. The van der Waals surface area contributed by atoms with Crippen molar-refractivity contribution in [1.82, 2.24) is 0 Å². The van der Waals surface area contributed by atoms with Gasteiger partial charge in [0.15, 0.2) is 5.78 Å². The Bertz CT molecular complexity index is 309. The number of ketones is 1. The lowest BCUT2D eigenvalue weighted by atomic mass is 9.75. The number of thioether (sulfide) groups is 1. The molecule has 2 saturated heterocycles. The first-order valence-corrected chi connectivity index (χ1v) is 8.25. The lowest BCUT2D eigenvalue weighted by Crippen LogP contribution is -2.53. The molecule has 0 bridgehead atoms. The SMILES string of the molecule is CCC(N)(CC)C(=O)C1CCOC2(CCSC2)C1. The first-order chi connectivity index (χ1) is 8.55. The van der Waals surface area contributed by atoms with Gasteiger partial charge in [0.05, 0.1) is 11.1 Å². The summed E-state index contributed by atoms with van der Waals surface area (Å²) in [5.41, 5.74) is 5.62. The molecule has 0 aliphatic carbocycles. The van der Waals surface area contributed by atoms with Gasteiger partial charge in [0.2, 0.25) is 0 Å². The summed E-state index contributed by atoms with van der Waals surface area (Å²) in [6.45, 7) is 4.75. The second-order valence-corrected chi connectivity index (χ2v) is 6.86. The van der Waals surface area contributed by atoms with E-state index in [1.165, 1.54) is 0 Å². The Morgan fingerprint density at radius 1 is 1.50 bits per heavy atom. The van der Waals surface area contributed by atoms with Crippen LogP contribution in [0.3, 0.4) is 0 Å². The Hall–Kier alpha value is -0.0600. The molecule has 3 nitrogen and oxygen atoms in total. The van der Waals surface area contributed by atoms with Crippen LogP contribution in [0.15, 0.2) is 0 Å². The molecule has 2 aliphatic rings. The van der Waals surface area contributed by atoms with Crippen molar-refractivity contribution < 1.29 is 9.53 Å². The maximum absolute atomic E-state index is 12.6. The van der Waals surface area contributed by atoms with Gasteiger partial charge in [0.1, 0.15) is 0 Å². The molecule has 1 spiro atoms. The third-order valence-corrected chi connectivity index (χ3v) is 5.91. The van der Waals surface area contributed by atoms with Crippen LogP contribution in [0.1, 0.15) is 46.0 Å². The molecule has 2 unspecified atom stereocenters. The molecule has 0 radical (unpaired) electrons. The third kappa shape index (κ3) is 2.61. The summed E-state index contributed by atoms with van der Waals surface area (Å²) < 4.78 is 5.97. The number of carbonyl (C=O) groups is 1. The predicted molar refractivity (Wildman–Crippen MR) is 75.9 cm³/mol. The average molecular weight is 271 g/mol. The summed E-state index contributed by atoms with van der Waals surface area (Å²) in [5, 5.41) is 0. The Morgan fingerprint density at radius 2 is 2.22 bits per heavy atom. The maximum Gasteiger partial charge on any atom is 0.155 e. The molecule has 0 aromatic carbocycles. The van der Waals surface area contributed by atoms with Crippen LogP contribution in [-0.2, 0) is 9.53 Å². The van der Waals surface area contributed by atoms with E-state index >= 15 is 0 Å². The van der Waals surface area contributed by atoms with Crippen molar-refractivity contribution >= 4 is 17.5 Å². The van der Waals surface area contributed by atoms with Crippen molar-refractivity contribution in [1.29, 1.82) is 0 Å². The van der Waals surface area contributed by atoms with Gasteiger partial charge >= 0.3 is 0 Å². The van der Waals surface area contributed by atoms with E-state index < -0.39 is 5.54 Å². The predicted octanol–water partition coefficient (Wildman–Crippen LogP) is 2.38. The van der Waals surface area contributed by atoms with Gasteiger partial charge in [-0.2, -0.15) is 11.8 Å². The van der Waals surface area contributed by atoms with Crippen LogP contribution >= 0.6 is 11.8 Å². The highest BCUT2D eigenvalue weighted by Gasteiger charge is 2.45. The zero-order valence-corrected chi connectivity index (χ0v) is 12.4. The van der Waals surface area contributed by atoms with Crippen molar-refractivity contribution in [2.24, 2.45) is 11.7 Å². The molecule has 4 heteroatoms. The van der Waals surface area contributed by atoms with Gasteiger partial charge in [-0.05, 0) is 37.9 Å². The van der Waals surface area contributed by atoms with Gasteiger partial charge in [-0.1, -0.05) is 13.8 Å². The molecule has 2 heterocycles. The van der Waals surface area contributed by atoms with Crippen LogP contribution in [-0.4, -0.2) is 35.0 Å². The van der Waals surface area contributed by atoms with Crippen molar-refractivity contribution in [2.75, 3.05) is 18.1 Å². The van der Waals surface area contributed by atoms with E-state index in [-0.39, 0.29) is 17.3 Å². The highest BCUT2D eigenvalue weighted by atomic mass is 32.2. The van der Waals surface area contributed by atoms with Crippen molar-refractivity contribution in [2.45, 2.75) is 57.1 Å². The van der Waals surface area contributed by atoms with Crippen molar-refractivity contribution in [3.63, 3.8) is 0 Å². The fourth-order valence-corrected chi connectivity index (χ4v) is 4.50. The molecule has 18 heavy (non-hydrogen) atoms. The smallest absolute Gasteiger partial charge is 0.155 e. The number of nitrogens with two attached hydrogens (primary N) is 1. The minimum atomic E-state index is -0.616. The molecule has 0 saturated carbocycles. The standard InChI is InChI=1S/C14H25NO2S/c1-3-14(15,4-2)12(16)11-5-7-17-13(9-11)6-8-18-10-13/h11H,3-10,15H2,1-2H3. The van der Waals surface area contributed by atoms with E-state index in [0.29, 0.717) is 0 Å². The quantitative estimate of drug-likeness (QED) is 0.853. The molecular weight excluding hydrogens is 246 g/mol. The molecule has 2 N–H and O–H groups in total. The van der Waals surface area contributed by atoms with E-state index in [9.17, 15) is 4.79 Å². The van der Waals surface area contributed by atoms with Crippen LogP contribution in [0.2, 0.25) is 0 Å². The second-order valence-electron chi connectivity index (χ2n) is 5.75. The Balaban J connectivity index is 2.06. The molecule has 0 aromatic rings. The monoisotopic (exact) mass is 271 g/mol. The summed E-state index contributed by atoms with van der Waals surface area (Å²) >= 11 is 1.94. The van der Waals surface area contributed by atoms with Gasteiger partial charge < -0.3 is 10.5 Å². The van der Waals surface area contributed by atoms with Crippen LogP contribution in [0.25, 0.3) is 0 Å². The first-order valence-electron chi connectivity index (χ1n) is 7.10. The van der Waals surface area contributed by atoms with Crippen LogP contribution < -0.4 is 5.73 Å². The molecular formula is C14H25NO2S. The number of Topliss-reactive ketones (excluding diaryl/α,β-unsaturated/α-hetero) is 1. The van der Waals surface area contributed by atoms with E-state index in [1.807, 2.05) is 25.6 Å². The third-order valence-electron chi connectivity index (χ3n) is 4.68. The zero-order valence-electron chi connectivity index (χ0n) is 11.5. The van der Waals surface area contributed by atoms with Crippen molar-refractivity contribution in [3.8, 4) is 0 Å². The van der Waals surface area contributed by atoms with Gasteiger partial charge in [0, 0.05) is 18.3 Å². The summed E-state index contributed by atoms with van der Waals surface area (Å²) in [6, 6.07) is 0. The van der Waals surface area contributed by atoms with Crippen LogP contribution in [0.5, 0.6) is 0 Å². The minimum Gasteiger partial charge on any atom is -0.374 e. The first kappa shape index (κ1) is 14.4. The Morgan fingerprint density at radius 3 is 2.78 bits per heavy atom. The van der Waals surface area contributed by atoms with Gasteiger partial charge in [-0.25, -0.2) is 0 Å². The largest absolute Gasteiger partial charge is 0.374 e. The summed E-state index contributed by atoms with van der Waals surface area (Å²) in [7, 11) is 0. The van der Waals surface area contributed by atoms with Crippen molar-refractivity contribution in [3.05, 3.63) is 0 Å². The molecule has 0 amide bonds. The van der Waals surface area contributed by atoms with E-state index in [2.05, 4.69) is 0 Å². The minimum absolute atomic E-state index is 0.0222. The summed E-state index contributed by atoms with van der Waals surface area (Å²) in [4.78, 5) is 12.6. The normalized spacial score (nSPS) is 32.9. The fraction of sp³-hybridized carbons (Fsp3) is 0.929. The summed E-state index contributed by atoms with van der Waals surface area (Å²) in [6.07, 6.45) is 4.31. The van der Waals surface area contributed by atoms with Gasteiger partial charge in [-0.15, -0.1) is 0 Å². The number of hydrogen-bond acceptors (Lipinski definition) is 4. The highest BCUT2D eigenvalue weighted by Crippen LogP contribution is 2.41. The van der Waals surface area contributed by atoms with Gasteiger partial charge in [-0.3, -0.25) is 4.79 Å². The Kier molecular flexibility index (Phi) is 4.40. The number of carbonyl (C=O) groups excluding carboxylic acids is 1. The molecule has 2 rings (SSSR count). The average Bonchev–Trinajstić information content (AvgIpc) is 2.85. The number of rotatable bonds is 4. The number of ether oxygens (including phenoxy) is 1. The van der Waals surface area contributed by atoms with E-state index in [1.54, 1.807) is 0 Å². The molecule has 2 aliphatic heterocycles. The summed E-state index contributed by atoms with van der Waals surface area (Å²) in [5.74, 6) is 2.59. The van der Waals surface area contributed by atoms with Crippen LogP contribution in [0.4, 0.5) is 0 Å². The van der Waals surface area contributed by atoms with Crippen LogP contribution in [0, 0.1) is 5.92 Å². The lowest BCUT2D eigenvalue weighted by Gasteiger charge is -2.40. The fourth-order valence-electron chi connectivity index (χ4n) is 3.12. The zero-order chi connectivity index (χ0) is 13.2. The highest BCUT2D eigenvalue weighted by molar-refractivity contribution is 7.99. The molecule has 2 atom stereocenters. The van der Waals surface area contributed by atoms with E-state index in [4.69, 9.17) is 10.5 Å². The second kappa shape index (κ2) is 5.51. The Labute approximate surface area is 114 Å². The maximum atomic E-state index is 12.6.